The van der Waals surface area contributed by atoms with Gasteiger partial charge in [0.05, 0.1) is 11.9 Å². The molecule has 1 N–H and O–H groups in total. The lowest BCUT2D eigenvalue weighted by Crippen LogP contribution is -2.63. The van der Waals surface area contributed by atoms with Crippen LogP contribution < -0.4 is 0 Å². The molecule has 2 saturated heterocycles. The van der Waals surface area contributed by atoms with Crippen molar-refractivity contribution in [2.24, 2.45) is 34.0 Å². The normalized spacial score (nSPS) is 50.8. The maximum absolute atomic E-state index is 13.5. The van der Waals surface area contributed by atoms with E-state index in [1.807, 2.05) is 6.08 Å². The number of esters is 1. The number of ether oxygens (including phenoxy) is 1. The molecule has 0 radical (unpaired) electrons. The minimum Gasteiger partial charge on any atom is -0.461 e. The van der Waals surface area contributed by atoms with Crippen molar-refractivity contribution in [2.45, 2.75) is 115 Å². The number of piperidine rings is 1. The molecule has 3 saturated carbocycles. The topological polar surface area (TPSA) is 66.8 Å². The Hall–Kier alpha value is -0.850. The highest BCUT2D eigenvalue weighted by atomic mass is 32.2. The quantitative estimate of drug-likeness (QED) is 0.397. The molecule has 202 valence electrons. The van der Waals surface area contributed by atoms with Crippen LogP contribution >= 0.6 is 11.8 Å². The smallest absolute Gasteiger partial charge is 0.316 e. The fraction of sp³-hybridized carbons (Fsp3) is 0.867. The fourth-order valence-corrected chi connectivity index (χ4v) is 10.5. The maximum atomic E-state index is 13.5. The van der Waals surface area contributed by atoms with Crippen LogP contribution in [0.4, 0.5) is 0 Å². The van der Waals surface area contributed by atoms with Gasteiger partial charge in [-0.05, 0) is 75.7 Å². The molecule has 0 aromatic rings. The highest BCUT2D eigenvalue weighted by Crippen LogP contribution is 2.68. The number of nitrogens with zero attached hydrogens (tertiary/aromatic N) is 1. The minimum atomic E-state index is -0.619. The Morgan fingerprint density at radius 2 is 1.86 bits per heavy atom. The van der Waals surface area contributed by atoms with Crippen LogP contribution in [0.3, 0.4) is 0 Å². The Labute approximate surface area is 222 Å². The zero-order valence-corrected chi connectivity index (χ0v) is 23.8. The molecule has 4 bridgehead atoms. The van der Waals surface area contributed by atoms with E-state index >= 15 is 0 Å². The third kappa shape index (κ3) is 3.95. The molecular weight excluding hydrogens is 470 g/mol. The van der Waals surface area contributed by atoms with Gasteiger partial charge in [0, 0.05) is 40.5 Å². The second kappa shape index (κ2) is 9.41. The molecule has 5 rings (SSSR count). The summed E-state index contributed by atoms with van der Waals surface area (Å²) in [5, 5.41) is 12.2. The highest BCUT2D eigenvalue weighted by Gasteiger charge is 2.68. The molecular formula is C30H47NO4S. The van der Waals surface area contributed by atoms with Gasteiger partial charge in [-0.1, -0.05) is 33.8 Å². The second-order valence-electron chi connectivity index (χ2n) is 13.5. The third-order valence-electron chi connectivity index (χ3n) is 12.1. The van der Waals surface area contributed by atoms with Crippen LogP contribution in [-0.4, -0.2) is 64.1 Å². The SMILES string of the molecule is C=C[C@]1(C)C[C@@H](OC(=O)CSC2C[C@H]3CC[C@@H](C2)N3C)[C@]2(C)[C@H](C)CC[C@@]3(CCC(=O)[C@H]32)[C@@H](C)[C@@H]1O. The number of thioether (sulfide) groups is 1. The predicted molar refractivity (Wildman–Crippen MR) is 145 cm³/mol. The fourth-order valence-electron chi connectivity index (χ4n) is 9.38. The second-order valence-corrected chi connectivity index (χ2v) is 14.8. The van der Waals surface area contributed by atoms with Crippen molar-refractivity contribution in [3.63, 3.8) is 0 Å². The molecule has 6 heteroatoms. The van der Waals surface area contributed by atoms with Gasteiger partial charge in [0.1, 0.15) is 11.9 Å². The van der Waals surface area contributed by atoms with Crippen molar-refractivity contribution in [3.05, 3.63) is 12.7 Å². The Morgan fingerprint density at radius 1 is 1.19 bits per heavy atom. The van der Waals surface area contributed by atoms with Gasteiger partial charge in [0.15, 0.2) is 0 Å². The lowest BCUT2D eigenvalue weighted by Gasteiger charge is -2.61. The van der Waals surface area contributed by atoms with E-state index in [4.69, 9.17) is 4.74 Å². The maximum Gasteiger partial charge on any atom is 0.316 e. The van der Waals surface area contributed by atoms with Gasteiger partial charge in [-0.25, -0.2) is 0 Å². The van der Waals surface area contributed by atoms with E-state index in [2.05, 4.69) is 46.2 Å². The summed E-state index contributed by atoms with van der Waals surface area (Å²) in [6, 6.07) is 1.31. The minimum absolute atomic E-state index is 0.00390. The molecule has 36 heavy (non-hydrogen) atoms. The summed E-state index contributed by atoms with van der Waals surface area (Å²) in [5.41, 5.74) is -1.24. The summed E-state index contributed by atoms with van der Waals surface area (Å²) in [4.78, 5) is 29.4. The number of fused-ring (bicyclic) bond motifs is 2. The number of carbonyl (C=O) groups is 2. The standard InChI is InChI=1S/C30H47NO4S/c1-7-28(4)16-24(35-25(33)17-36-22-14-20-8-9-21(15-22)31(20)6)29(5)18(2)10-12-30(19(3)27(28)34)13-11-23(32)26(29)30/h7,18-22,24,26-27,34H,1,8-17H2,2-6H3/t18-,19+,20-,21+,22?,24-,26+,27+,28-,29+,30-/m1/s1. The summed E-state index contributed by atoms with van der Waals surface area (Å²) >= 11 is 1.76. The Bertz CT molecular complexity index is 895. The Morgan fingerprint density at radius 3 is 2.50 bits per heavy atom. The van der Waals surface area contributed by atoms with E-state index < -0.39 is 23.0 Å². The summed E-state index contributed by atoms with van der Waals surface area (Å²) in [6.07, 6.45) is 9.58. The number of hydrogen-bond donors (Lipinski definition) is 1. The van der Waals surface area contributed by atoms with E-state index in [1.54, 1.807) is 11.8 Å². The lowest BCUT2D eigenvalue weighted by atomic mass is 9.44. The highest BCUT2D eigenvalue weighted by molar-refractivity contribution is 8.00. The third-order valence-corrected chi connectivity index (χ3v) is 13.3. The van der Waals surface area contributed by atoms with Gasteiger partial charge in [0.2, 0.25) is 0 Å². The predicted octanol–water partition coefficient (Wildman–Crippen LogP) is 5.25. The molecule has 5 nitrogen and oxygen atoms in total. The summed E-state index contributed by atoms with van der Waals surface area (Å²) < 4.78 is 6.42. The zero-order valence-electron chi connectivity index (χ0n) is 23.0. The first-order valence-electron chi connectivity index (χ1n) is 14.3. The lowest BCUT2D eigenvalue weighted by molar-refractivity contribution is -0.205. The van der Waals surface area contributed by atoms with Crippen LogP contribution in [-0.2, 0) is 14.3 Å². The Balaban J connectivity index is 1.39. The molecule has 3 aliphatic carbocycles. The first kappa shape index (κ1) is 26.7. The first-order valence-corrected chi connectivity index (χ1v) is 15.4. The van der Waals surface area contributed by atoms with Crippen molar-refractivity contribution in [2.75, 3.05) is 12.8 Å². The van der Waals surface area contributed by atoms with E-state index in [0.717, 1.165) is 32.1 Å². The van der Waals surface area contributed by atoms with Crippen LogP contribution in [0.5, 0.6) is 0 Å². The number of carbonyl (C=O) groups excluding carboxylic acids is 2. The first-order chi connectivity index (χ1) is 17.0. The zero-order chi connectivity index (χ0) is 26.0. The summed E-state index contributed by atoms with van der Waals surface area (Å²) in [5.74, 6) is 0.605. The van der Waals surface area contributed by atoms with Gasteiger partial charge in [-0.15, -0.1) is 18.3 Å². The van der Waals surface area contributed by atoms with Crippen molar-refractivity contribution >= 4 is 23.5 Å². The van der Waals surface area contributed by atoms with Crippen molar-refractivity contribution in [1.82, 2.24) is 4.90 Å². The largest absolute Gasteiger partial charge is 0.461 e. The summed E-state index contributed by atoms with van der Waals surface area (Å²) in [6.45, 7) is 12.8. The molecule has 5 fully saturated rings. The van der Waals surface area contributed by atoms with Gasteiger partial charge in [0.25, 0.3) is 0 Å². The molecule has 2 heterocycles. The van der Waals surface area contributed by atoms with Gasteiger partial charge >= 0.3 is 5.97 Å². The number of ketones is 1. The molecule has 0 aromatic heterocycles. The average molecular weight is 518 g/mol. The van der Waals surface area contributed by atoms with E-state index in [0.29, 0.717) is 41.7 Å². The molecule has 2 aliphatic heterocycles. The van der Waals surface area contributed by atoms with E-state index in [-0.39, 0.29) is 29.1 Å². The van der Waals surface area contributed by atoms with Crippen molar-refractivity contribution in [1.29, 1.82) is 0 Å². The summed E-state index contributed by atoms with van der Waals surface area (Å²) in [7, 11) is 2.24. The van der Waals surface area contributed by atoms with Gasteiger partial charge in [-0.3, -0.25) is 9.59 Å². The monoisotopic (exact) mass is 517 g/mol. The van der Waals surface area contributed by atoms with Crippen LogP contribution in [0.1, 0.15) is 85.5 Å². The number of rotatable bonds is 5. The van der Waals surface area contributed by atoms with Crippen LogP contribution in [0, 0.1) is 34.0 Å². The molecule has 0 aromatic carbocycles. The molecule has 1 unspecified atom stereocenters. The van der Waals surface area contributed by atoms with Crippen molar-refractivity contribution in [3.8, 4) is 0 Å². The molecule has 0 amide bonds. The van der Waals surface area contributed by atoms with Crippen LogP contribution in [0.15, 0.2) is 12.7 Å². The number of aliphatic hydroxyl groups excluding tert-OH is 1. The van der Waals surface area contributed by atoms with Gasteiger partial charge in [-0.2, -0.15) is 0 Å². The van der Waals surface area contributed by atoms with Crippen LogP contribution in [0.2, 0.25) is 0 Å². The molecule has 11 atom stereocenters. The Kier molecular flexibility index (Phi) is 6.99. The number of hydrogen-bond acceptors (Lipinski definition) is 6. The number of aliphatic hydroxyl groups is 1. The van der Waals surface area contributed by atoms with E-state index in [9.17, 15) is 14.7 Å². The molecule has 5 aliphatic rings. The van der Waals surface area contributed by atoms with Crippen LogP contribution in [0.25, 0.3) is 0 Å². The molecule has 0 spiro atoms. The van der Waals surface area contributed by atoms with E-state index in [1.165, 1.54) is 12.8 Å². The van der Waals surface area contributed by atoms with Gasteiger partial charge < -0.3 is 14.7 Å². The number of Topliss-reactive ketones (excluding diaryl/α,β-unsaturated/α-hetero) is 1. The average Bonchev–Trinajstić information content (AvgIpc) is 3.28. The van der Waals surface area contributed by atoms with Crippen molar-refractivity contribution < 1.29 is 19.4 Å².